The number of carbonyl (C=O) groups excluding carboxylic acids is 1. The summed E-state index contributed by atoms with van der Waals surface area (Å²) < 4.78 is 6.28. The van der Waals surface area contributed by atoms with E-state index in [0.717, 1.165) is 13.1 Å². The van der Waals surface area contributed by atoms with E-state index in [0.29, 0.717) is 36.1 Å². The molecule has 1 atom stereocenters. The van der Waals surface area contributed by atoms with Crippen molar-refractivity contribution >= 4 is 17.5 Å². The normalized spacial score (nSPS) is 22.8. The number of carbonyl (C=O) groups is 1. The molecule has 0 aliphatic carbocycles. The Hall–Kier alpha value is -1.52. The monoisotopic (exact) mass is 348 g/mol. The Morgan fingerprint density at radius 3 is 2.58 bits per heavy atom. The largest absolute Gasteiger partial charge is 0.477 e. The summed E-state index contributed by atoms with van der Waals surface area (Å²) in [5.74, 6) is 1.19. The number of hydrogen-bond acceptors (Lipinski definition) is 3. The standard InChI is InChI=1S/C19H25ClN2O2/c1-14(2)17-4-3-13-22(17)18(23)19(9-11-21-12-10-19)24-16-7-5-15(20)6-8-16/h3-8,14,17,21H,9-13H2,1-2H3/t17-/m0/s1. The molecule has 130 valence electrons. The van der Waals surface area contributed by atoms with Crippen LogP contribution >= 0.6 is 11.6 Å². The van der Waals surface area contributed by atoms with Crippen molar-refractivity contribution in [3.8, 4) is 5.75 Å². The van der Waals surface area contributed by atoms with Gasteiger partial charge < -0.3 is 15.0 Å². The van der Waals surface area contributed by atoms with Crippen molar-refractivity contribution in [3.63, 3.8) is 0 Å². The van der Waals surface area contributed by atoms with Crippen LogP contribution < -0.4 is 10.1 Å². The zero-order chi connectivity index (χ0) is 17.2. The first-order valence-corrected chi connectivity index (χ1v) is 9.03. The van der Waals surface area contributed by atoms with E-state index < -0.39 is 5.60 Å². The van der Waals surface area contributed by atoms with Gasteiger partial charge in [0.05, 0.1) is 6.04 Å². The maximum Gasteiger partial charge on any atom is 0.267 e. The zero-order valence-electron chi connectivity index (χ0n) is 14.3. The van der Waals surface area contributed by atoms with Gasteiger partial charge in [0, 0.05) is 24.4 Å². The van der Waals surface area contributed by atoms with Crippen molar-refractivity contribution in [1.29, 1.82) is 0 Å². The highest BCUT2D eigenvalue weighted by molar-refractivity contribution is 6.30. The fourth-order valence-corrected chi connectivity index (χ4v) is 3.65. The number of piperidine rings is 1. The average Bonchev–Trinajstić information content (AvgIpc) is 3.07. The van der Waals surface area contributed by atoms with Crippen LogP contribution in [0.5, 0.6) is 5.75 Å². The minimum absolute atomic E-state index is 0.0997. The summed E-state index contributed by atoms with van der Waals surface area (Å²) in [5.41, 5.74) is -0.793. The molecule has 0 unspecified atom stereocenters. The summed E-state index contributed by atoms with van der Waals surface area (Å²) in [6, 6.07) is 7.41. The lowest BCUT2D eigenvalue weighted by molar-refractivity contribution is -0.152. The highest BCUT2D eigenvalue weighted by Gasteiger charge is 2.46. The van der Waals surface area contributed by atoms with Crippen molar-refractivity contribution in [2.45, 2.75) is 38.3 Å². The summed E-state index contributed by atoms with van der Waals surface area (Å²) in [6.07, 6.45) is 5.57. The lowest BCUT2D eigenvalue weighted by atomic mass is 9.89. The van der Waals surface area contributed by atoms with Crippen LogP contribution in [-0.2, 0) is 4.79 Å². The van der Waals surface area contributed by atoms with Gasteiger partial charge in [0.15, 0.2) is 5.60 Å². The molecule has 0 radical (unpaired) electrons. The zero-order valence-corrected chi connectivity index (χ0v) is 15.1. The van der Waals surface area contributed by atoms with Gasteiger partial charge in [-0.25, -0.2) is 0 Å². The van der Waals surface area contributed by atoms with Crippen LogP contribution in [0.1, 0.15) is 26.7 Å². The number of nitrogens with one attached hydrogen (secondary N) is 1. The quantitative estimate of drug-likeness (QED) is 0.849. The summed E-state index contributed by atoms with van der Waals surface area (Å²) in [6.45, 7) is 6.53. The summed E-state index contributed by atoms with van der Waals surface area (Å²) >= 11 is 5.96. The second kappa shape index (κ2) is 7.16. The summed E-state index contributed by atoms with van der Waals surface area (Å²) in [5, 5.41) is 3.99. The first-order chi connectivity index (χ1) is 11.5. The molecule has 5 heteroatoms. The van der Waals surface area contributed by atoms with Crippen molar-refractivity contribution < 1.29 is 9.53 Å². The van der Waals surface area contributed by atoms with E-state index in [1.54, 1.807) is 12.1 Å². The van der Waals surface area contributed by atoms with Gasteiger partial charge in [0.1, 0.15) is 5.75 Å². The average molecular weight is 349 g/mol. The number of nitrogens with zero attached hydrogens (tertiary/aromatic N) is 1. The second-order valence-corrected chi connectivity index (χ2v) is 7.36. The third kappa shape index (κ3) is 3.45. The molecule has 1 saturated heterocycles. The Labute approximate surface area is 148 Å². The van der Waals surface area contributed by atoms with Crippen molar-refractivity contribution in [2.24, 2.45) is 5.92 Å². The minimum atomic E-state index is -0.793. The van der Waals surface area contributed by atoms with E-state index >= 15 is 0 Å². The number of ether oxygens (including phenoxy) is 1. The van der Waals surface area contributed by atoms with Crippen molar-refractivity contribution in [2.75, 3.05) is 19.6 Å². The van der Waals surface area contributed by atoms with Gasteiger partial charge in [-0.2, -0.15) is 0 Å². The molecule has 2 aliphatic rings. The van der Waals surface area contributed by atoms with Gasteiger partial charge in [-0.3, -0.25) is 4.79 Å². The fraction of sp³-hybridized carbons (Fsp3) is 0.526. The molecular weight excluding hydrogens is 324 g/mol. The van der Waals surface area contributed by atoms with Crippen molar-refractivity contribution in [1.82, 2.24) is 10.2 Å². The van der Waals surface area contributed by atoms with Crippen LogP contribution in [0.3, 0.4) is 0 Å². The third-order valence-corrected chi connectivity index (χ3v) is 5.12. The molecule has 4 nitrogen and oxygen atoms in total. The van der Waals surface area contributed by atoms with E-state index in [9.17, 15) is 4.79 Å². The van der Waals surface area contributed by atoms with Gasteiger partial charge in [0.2, 0.25) is 0 Å². The first kappa shape index (κ1) is 17.3. The summed E-state index contributed by atoms with van der Waals surface area (Å²) in [7, 11) is 0. The molecule has 1 N–H and O–H groups in total. The van der Waals surface area contributed by atoms with Gasteiger partial charge in [-0.15, -0.1) is 0 Å². The first-order valence-electron chi connectivity index (χ1n) is 8.65. The number of hydrogen-bond donors (Lipinski definition) is 1. The van der Waals surface area contributed by atoms with Crippen LogP contribution in [-0.4, -0.2) is 42.1 Å². The molecule has 0 spiro atoms. The Balaban J connectivity index is 1.85. The molecular formula is C19H25ClN2O2. The second-order valence-electron chi connectivity index (χ2n) is 6.92. The Bertz CT molecular complexity index is 606. The summed E-state index contributed by atoms with van der Waals surface area (Å²) in [4.78, 5) is 15.4. The molecule has 0 aromatic heterocycles. The molecule has 2 heterocycles. The van der Waals surface area contributed by atoms with E-state index in [1.165, 1.54) is 0 Å². The van der Waals surface area contributed by atoms with E-state index in [4.69, 9.17) is 16.3 Å². The topological polar surface area (TPSA) is 41.6 Å². The Morgan fingerprint density at radius 2 is 1.96 bits per heavy atom. The number of benzene rings is 1. The predicted octanol–water partition coefficient (Wildman–Crippen LogP) is 3.26. The Kier molecular flexibility index (Phi) is 5.16. The fourth-order valence-electron chi connectivity index (χ4n) is 3.52. The van der Waals surface area contributed by atoms with Crippen molar-refractivity contribution in [3.05, 3.63) is 41.4 Å². The molecule has 1 aromatic carbocycles. The van der Waals surface area contributed by atoms with E-state index in [2.05, 4.69) is 31.3 Å². The number of halogens is 1. The van der Waals surface area contributed by atoms with Gasteiger partial charge >= 0.3 is 0 Å². The SMILES string of the molecule is CC(C)[C@@H]1C=CCN1C(=O)C1(Oc2ccc(Cl)cc2)CCNCC1. The Morgan fingerprint density at radius 1 is 1.29 bits per heavy atom. The highest BCUT2D eigenvalue weighted by Crippen LogP contribution is 2.32. The predicted molar refractivity (Wildman–Crippen MR) is 96.4 cm³/mol. The van der Waals surface area contributed by atoms with Gasteiger partial charge in [-0.05, 0) is 43.3 Å². The van der Waals surface area contributed by atoms with Gasteiger partial charge in [-0.1, -0.05) is 37.6 Å². The smallest absolute Gasteiger partial charge is 0.267 e. The van der Waals surface area contributed by atoms with Crippen LogP contribution in [0.25, 0.3) is 0 Å². The van der Waals surface area contributed by atoms with Crippen LogP contribution in [0.15, 0.2) is 36.4 Å². The molecule has 0 saturated carbocycles. The minimum Gasteiger partial charge on any atom is -0.477 e. The highest BCUT2D eigenvalue weighted by atomic mass is 35.5. The molecule has 1 amide bonds. The lowest BCUT2D eigenvalue weighted by Crippen LogP contribution is -2.59. The molecule has 2 aliphatic heterocycles. The maximum atomic E-state index is 13.4. The lowest BCUT2D eigenvalue weighted by Gasteiger charge is -2.41. The molecule has 24 heavy (non-hydrogen) atoms. The number of amides is 1. The van der Waals surface area contributed by atoms with Crippen LogP contribution in [0, 0.1) is 5.92 Å². The maximum absolute atomic E-state index is 13.4. The van der Waals surface area contributed by atoms with Crippen LogP contribution in [0.4, 0.5) is 0 Å². The van der Waals surface area contributed by atoms with Gasteiger partial charge in [0.25, 0.3) is 5.91 Å². The van der Waals surface area contributed by atoms with E-state index in [-0.39, 0.29) is 11.9 Å². The van der Waals surface area contributed by atoms with Crippen LogP contribution in [0.2, 0.25) is 5.02 Å². The number of rotatable bonds is 4. The molecule has 1 fully saturated rings. The molecule has 3 rings (SSSR count). The molecule has 0 bridgehead atoms. The third-order valence-electron chi connectivity index (χ3n) is 4.87. The molecule has 1 aromatic rings. The van der Waals surface area contributed by atoms with E-state index in [1.807, 2.05) is 17.0 Å².